The van der Waals surface area contributed by atoms with Crippen LogP contribution in [0.15, 0.2) is 18.3 Å². The van der Waals surface area contributed by atoms with Crippen LogP contribution < -0.4 is 5.32 Å². The summed E-state index contributed by atoms with van der Waals surface area (Å²) in [5, 5.41) is 2.92. The SMILES string of the molecule is CS(=O)(=O)CCCNC(=O)c1ccc(Cl)nc1. The van der Waals surface area contributed by atoms with Crippen LogP contribution >= 0.6 is 11.6 Å². The molecule has 1 rings (SSSR count). The van der Waals surface area contributed by atoms with Crippen molar-refractivity contribution < 1.29 is 13.2 Å². The number of pyridine rings is 1. The Morgan fingerprint density at radius 1 is 1.47 bits per heavy atom. The monoisotopic (exact) mass is 276 g/mol. The standard InChI is InChI=1S/C10H13ClN2O3S/c1-17(15,16)6-2-5-12-10(14)8-3-4-9(11)13-7-8/h3-4,7H,2,5-6H2,1H3,(H,12,14). The van der Waals surface area contributed by atoms with Gasteiger partial charge in [0, 0.05) is 19.0 Å². The summed E-state index contributed by atoms with van der Waals surface area (Å²) in [4.78, 5) is 15.3. The summed E-state index contributed by atoms with van der Waals surface area (Å²) in [6.45, 7) is 0.314. The van der Waals surface area contributed by atoms with Crippen LogP contribution in [0.3, 0.4) is 0 Å². The molecule has 0 atom stereocenters. The van der Waals surface area contributed by atoms with E-state index in [1.807, 2.05) is 0 Å². The molecule has 1 aromatic rings. The summed E-state index contributed by atoms with van der Waals surface area (Å²) in [7, 11) is -2.97. The molecule has 17 heavy (non-hydrogen) atoms. The van der Waals surface area contributed by atoms with Gasteiger partial charge in [-0.2, -0.15) is 0 Å². The molecule has 0 fully saturated rings. The topological polar surface area (TPSA) is 76.1 Å². The van der Waals surface area contributed by atoms with Crippen LogP contribution in [0.2, 0.25) is 5.15 Å². The highest BCUT2D eigenvalue weighted by Crippen LogP contribution is 2.04. The zero-order chi connectivity index (χ0) is 12.9. The summed E-state index contributed by atoms with van der Waals surface area (Å²) in [5.41, 5.74) is 0.397. The number of hydrogen-bond acceptors (Lipinski definition) is 4. The fourth-order valence-electron chi connectivity index (χ4n) is 1.15. The molecule has 0 aliphatic carbocycles. The maximum atomic E-state index is 11.5. The molecule has 0 unspecified atom stereocenters. The number of halogens is 1. The van der Waals surface area contributed by atoms with Crippen LogP contribution in [-0.2, 0) is 9.84 Å². The van der Waals surface area contributed by atoms with E-state index in [0.29, 0.717) is 23.7 Å². The van der Waals surface area contributed by atoms with E-state index in [0.717, 1.165) is 6.26 Å². The van der Waals surface area contributed by atoms with Gasteiger partial charge in [-0.1, -0.05) is 11.6 Å². The number of hydrogen-bond donors (Lipinski definition) is 1. The van der Waals surface area contributed by atoms with Crippen molar-refractivity contribution in [1.29, 1.82) is 0 Å². The molecule has 0 spiro atoms. The van der Waals surface area contributed by atoms with Crippen molar-refractivity contribution in [2.75, 3.05) is 18.6 Å². The third-order valence-electron chi connectivity index (χ3n) is 1.97. The zero-order valence-electron chi connectivity index (χ0n) is 9.31. The van der Waals surface area contributed by atoms with Crippen molar-refractivity contribution >= 4 is 27.3 Å². The first-order valence-electron chi connectivity index (χ1n) is 4.96. The third-order valence-corrected chi connectivity index (χ3v) is 3.22. The van der Waals surface area contributed by atoms with Crippen molar-refractivity contribution in [2.24, 2.45) is 0 Å². The summed E-state index contributed by atoms with van der Waals surface area (Å²) < 4.78 is 21.7. The lowest BCUT2D eigenvalue weighted by molar-refractivity contribution is 0.0953. The summed E-state index contributed by atoms with van der Waals surface area (Å²) in [6, 6.07) is 3.08. The highest BCUT2D eigenvalue weighted by atomic mass is 35.5. The molecule has 0 saturated heterocycles. The molecule has 7 heteroatoms. The maximum Gasteiger partial charge on any atom is 0.252 e. The summed E-state index contributed by atoms with van der Waals surface area (Å²) >= 11 is 5.58. The number of sulfone groups is 1. The first kappa shape index (κ1) is 13.9. The first-order valence-corrected chi connectivity index (χ1v) is 7.40. The van der Waals surface area contributed by atoms with Crippen molar-refractivity contribution in [1.82, 2.24) is 10.3 Å². The molecule has 0 aromatic carbocycles. The van der Waals surface area contributed by atoms with E-state index in [2.05, 4.69) is 10.3 Å². The number of rotatable bonds is 5. The Morgan fingerprint density at radius 3 is 2.71 bits per heavy atom. The third kappa shape index (κ3) is 5.65. The molecule has 0 radical (unpaired) electrons. The van der Waals surface area contributed by atoms with Gasteiger partial charge in [-0.25, -0.2) is 13.4 Å². The Balaban J connectivity index is 2.38. The maximum absolute atomic E-state index is 11.5. The Bertz CT molecular complexity index is 485. The van der Waals surface area contributed by atoms with Crippen molar-refractivity contribution in [2.45, 2.75) is 6.42 Å². The van der Waals surface area contributed by atoms with Gasteiger partial charge in [-0.05, 0) is 18.6 Å². The van der Waals surface area contributed by atoms with Crippen molar-refractivity contribution in [3.63, 3.8) is 0 Å². The van der Waals surface area contributed by atoms with Crippen molar-refractivity contribution in [3.05, 3.63) is 29.0 Å². The molecule has 1 aromatic heterocycles. The molecule has 0 aliphatic heterocycles. The first-order chi connectivity index (χ1) is 7.88. The van der Waals surface area contributed by atoms with Crippen LogP contribution in [0.4, 0.5) is 0 Å². The molecule has 0 bridgehead atoms. The second-order valence-electron chi connectivity index (χ2n) is 3.61. The van der Waals surface area contributed by atoms with Crippen LogP contribution in [-0.4, -0.2) is 37.9 Å². The number of nitrogens with zero attached hydrogens (tertiary/aromatic N) is 1. The second-order valence-corrected chi connectivity index (χ2v) is 6.26. The van der Waals surface area contributed by atoms with Gasteiger partial charge in [-0.3, -0.25) is 4.79 Å². The number of amides is 1. The number of nitrogens with one attached hydrogen (secondary N) is 1. The van der Waals surface area contributed by atoms with E-state index >= 15 is 0 Å². The lowest BCUT2D eigenvalue weighted by Gasteiger charge is -2.04. The van der Waals surface area contributed by atoms with E-state index in [-0.39, 0.29) is 11.7 Å². The highest BCUT2D eigenvalue weighted by molar-refractivity contribution is 7.90. The number of carbonyl (C=O) groups is 1. The van der Waals surface area contributed by atoms with Gasteiger partial charge in [-0.15, -0.1) is 0 Å². The van der Waals surface area contributed by atoms with Gasteiger partial charge in [0.05, 0.1) is 11.3 Å². The smallest absolute Gasteiger partial charge is 0.252 e. The van der Waals surface area contributed by atoms with Crippen molar-refractivity contribution in [3.8, 4) is 0 Å². The highest BCUT2D eigenvalue weighted by Gasteiger charge is 2.06. The molecule has 0 aliphatic rings. The van der Waals surface area contributed by atoms with Crippen LogP contribution in [0.1, 0.15) is 16.8 Å². The average Bonchev–Trinajstić information content (AvgIpc) is 2.24. The fourth-order valence-corrected chi connectivity index (χ4v) is 1.93. The second kappa shape index (κ2) is 5.97. The molecular weight excluding hydrogens is 264 g/mol. The zero-order valence-corrected chi connectivity index (χ0v) is 10.9. The van der Waals surface area contributed by atoms with E-state index in [1.54, 1.807) is 6.07 Å². The molecule has 1 N–H and O–H groups in total. The predicted octanol–water partition coefficient (Wildman–Crippen LogP) is 0.900. The average molecular weight is 277 g/mol. The fraction of sp³-hybridized carbons (Fsp3) is 0.400. The Hall–Kier alpha value is -1.14. The number of aromatic nitrogens is 1. The normalized spacial score (nSPS) is 11.2. The van der Waals surface area contributed by atoms with Crippen LogP contribution in [0.5, 0.6) is 0 Å². The molecular formula is C10H13ClN2O3S. The predicted molar refractivity (Wildman–Crippen MR) is 65.9 cm³/mol. The lowest BCUT2D eigenvalue weighted by atomic mass is 10.2. The van der Waals surface area contributed by atoms with E-state index in [4.69, 9.17) is 11.6 Å². The van der Waals surface area contributed by atoms with E-state index < -0.39 is 9.84 Å². The van der Waals surface area contributed by atoms with Gasteiger partial charge >= 0.3 is 0 Å². The summed E-state index contributed by atoms with van der Waals surface area (Å²) in [5.74, 6) is -0.228. The lowest BCUT2D eigenvalue weighted by Crippen LogP contribution is -2.25. The number of carbonyl (C=O) groups excluding carboxylic acids is 1. The molecule has 0 saturated carbocycles. The van der Waals surface area contributed by atoms with Gasteiger partial charge < -0.3 is 5.32 Å². The Kier molecular flexibility index (Phi) is 4.89. The molecule has 1 heterocycles. The minimum atomic E-state index is -2.97. The minimum Gasteiger partial charge on any atom is -0.352 e. The molecule has 1 amide bonds. The summed E-state index contributed by atoms with van der Waals surface area (Å²) in [6.07, 6.45) is 2.93. The van der Waals surface area contributed by atoms with Crippen LogP contribution in [0, 0.1) is 0 Å². The molecule has 5 nitrogen and oxygen atoms in total. The van der Waals surface area contributed by atoms with Crippen LogP contribution in [0.25, 0.3) is 0 Å². The van der Waals surface area contributed by atoms with Gasteiger partial charge in [0.1, 0.15) is 15.0 Å². The van der Waals surface area contributed by atoms with Gasteiger partial charge in [0.15, 0.2) is 0 Å². The van der Waals surface area contributed by atoms with E-state index in [9.17, 15) is 13.2 Å². The van der Waals surface area contributed by atoms with E-state index in [1.165, 1.54) is 12.3 Å². The molecule has 94 valence electrons. The van der Waals surface area contributed by atoms with Gasteiger partial charge in [0.25, 0.3) is 5.91 Å². The largest absolute Gasteiger partial charge is 0.352 e. The Labute approximate surface area is 105 Å². The minimum absolute atomic E-state index is 0.0617. The Morgan fingerprint density at radius 2 is 2.18 bits per heavy atom. The van der Waals surface area contributed by atoms with Gasteiger partial charge in [0.2, 0.25) is 0 Å². The quantitative estimate of drug-likeness (QED) is 0.640.